The van der Waals surface area contributed by atoms with Gasteiger partial charge in [0, 0.05) is 87.1 Å². The number of nitrogens with one attached hydrogen (secondary N) is 3. The van der Waals surface area contributed by atoms with Gasteiger partial charge in [0.2, 0.25) is 5.96 Å². The van der Waals surface area contributed by atoms with E-state index in [2.05, 4.69) is 61.6 Å². The number of guanidine groups is 1. The van der Waals surface area contributed by atoms with Crippen molar-refractivity contribution >= 4 is 28.5 Å². The molecule has 2 fully saturated rings. The van der Waals surface area contributed by atoms with E-state index in [1.54, 1.807) is 0 Å². The zero-order chi connectivity index (χ0) is 26.8. The largest absolute Gasteiger partial charge is 0.390 e. The third-order valence-corrected chi connectivity index (χ3v) is 8.36. The van der Waals surface area contributed by atoms with Crippen molar-refractivity contribution < 1.29 is 9.90 Å². The average molecular weight is 533 g/mol. The van der Waals surface area contributed by atoms with Crippen LogP contribution in [0.2, 0.25) is 0 Å². The first-order valence-corrected chi connectivity index (χ1v) is 14.3. The van der Waals surface area contributed by atoms with Crippen molar-refractivity contribution in [2.24, 2.45) is 9.98 Å². The molecule has 1 aromatic heterocycles. The van der Waals surface area contributed by atoms with Gasteiger partial charge in [-0.15, -0.1) is 0 Å². The molecule has 0 bridgehead atoms. The molecule has 0 radical (unpaired) electrons. The van der Waals surface area contributed by atoms with Crippen molar-refractivity contribution in [3.8, 4) is 0 Å². The molecule has 10 nitrogen and oxygen atoms in total. The summed E-state index contributed by atoms with van der Waals surface area (Å²) < 4.78 is 0. The van der Waals surface area contributed by atoms with Crippen LogP contribution in [-0.2, 0) is 17.8 Å². The number of H-pyrrole nitrogens is 1. The molecular formula is C29H40N8O2. The maximum absolute atomic E-state index is 13.3. The lowest BCUT2D eigenvalue weighted by Crippen LogP contribution is -2.47. The Balaban J connectivity index is 1.08. The first-order valence-electron chi connectivity index (χ1n) is 14.3. The van der Waals surface area contributed by atoms with E-state index in [1.807, 2.05) is 6.08 Å². The number of hydrogen-bond donors (Lipinski definition) is 4. The number of β-amino-alcohol motifs (C(OH)–C–C–N with tert-alkyl or cyclic N) is 1. The highest BCUT2D eigenvalue weighted by molar-refractivity contribution is 6.45. The molecule has 4 heterocycles. The van der Waals surface area contributed by atoms with E-state index >= 15 is 0 Å². The van der Waals surface area contributed by atoms with Crippen LogP contribution in [0.3, 0.4) is 0 Å². The number of benzene rings is 1. The van der Waals surface area contributed by atoms with Gasteiger partial charge in [-0.1, -0.05) is 18.2 Å². The molecule has 0 spiro atoms. The molecular weight excluding hydrogens is 492 g/mol. The van der Waals surface area contributed by atoms with Crippen molar-refractivity contribution in [1.29, 1.82) is 0 Å². The molecule has 1 amide bonds. The molecule has 208 valence electrons. The van der Waals surface area contributed by atoms with Crippen LogP contribution < -0.4 is 10.6 Å². The second-order valence-electron chi connectivity index (χ2n) is 11.3. The first kappa shape index (κ1) is 26.0. The molecule has 3 aliphatic heterocycles. The van der Waals surface area contributed by atoms with Gasteiger partial charge < -0.3 is 30.5 Å². The molecule has 2 aromatic rings. The van der Waals surface area contributed by atoms with Crippen LogP contribution in [0.1, 0.15) is 30.5 Å². The summed E-state index contributed by atoms with van der Waals surface area (Å²) >= 11 is 0. The Kier molecular flexibility index (Phi) is 7.67. The topological polar surface area (TPSA) is 112 Å². The smallest absolute Gasteiger partial charge is 0.270 e. The number of para-hydroxylation sites is 1. The SMILES string of the molecule is CN1CCN(C2=NCC(NC3CCC3)=CC(C(=O)NCC(O)CN3CCc4[nH]c5ccccc5c4C3)=N2)CC1. The van der Waals surface area contributed by atoms with Crippen LogP contribution in [0.15, 0.2) is 46.0 Å². The van der Waals surface area contributed by atoms with E-state index in [0.717, 1.165) is 64.2 Å². The van der Waals surface area contributed by atoms with Gasteiger partial charge >= 0.3 is 0 Å². The summed E-state index contributed by atoms with van der Waals surface area (Å²) in [4.78, 5) is 33.0. The fraction of sp³-hybridized carbons (Fsp3) is 0.552. The van der Waals surface area contributed by atoms with E-state index in [9.17, 15) is 9.90 Å². The van der Waals surface area contributed by atoms with Gasteiger partial charge in [-0.2, -0.15) is 0 Å². The summed E-state index contributed by atoms with van der Waals surface area (Å²) in [5.74, 6) is 0.349. The zero-order valence-electron chi connectivity index (χ0n) is 22.8. The lowest BCUT2D eigenvalue weighted by atomic mass is 9.93. The highest BCUT2D eigenvalue weighted by atomic mass is 16.3. The molecule has 1 saturated heterocycles. The Labute approximate surface area is 229 Å². The van der Waals surface area contributed by atoms with Gasteiger partial charge in [-0.05, 0) is 44.0 Å². The molecule has 1 unspecified atom stereocenters. The number of piperazine rings is 1. The Bertz CT molecular complexity index is 1290. The van der Waals surface area contributed by atoms with Crippen molar-refractivity contribution in [2.75, 3.05) is 59.4 Å². The summed E-state index contributed by atoms with van der Waals surface area (Å²) in [6, 6.07) is 8.83. The predicted molar refractivity (Wildman–Crippen MR) is 154 cm³/mol. The van der Waals surface area contributed by atoms with Gasteiger partial charge in [-0.25, -0.2) is 9.98 Å². The van der Waals surface area contributed by atoms with Gasteiger partial charge in [0.15, 0.2) is 0 Å². The maximum atomic E-state index is 13.3. The van der Waals surface area contributed by atoms with Crippen LogP contribution >= 0.6 is 0 Å². The quantitative estimate of drug-likeness (QED) is 0.425. The van der Waals surface area contributed by atoms with Gasteiger partial charge in [-0.3, -0.25) is 9.69 Å². The molecule has 10 heteroatoms. The number of hydrogen-bond acceptors (Lipinski definition) is 8. The van der Waals surface area contributed by atoms with E-state index in [4.69, 9.17) is 9.98 Å². The second-order valence-corrected chi connectivity index (χ2v) is 11.3. The van der Waals surface area contributed by atoms with E-state index in [0.29, 0.717) is 30.8 Å². The first-order chi connectivity index (χ1) is 19.0. The van der Waals surface area contributed by atoms with Crippen LogP contribution in [0.4, 0.5) is 0 Å². The Hall–Kier alpha value is -3.21. The van der Waals surface area contributed by atoms with Crippen molar-refractivity contribution in [1.82, 2.24) is 30.3 Å². The number of aromatic nitrogens is 1. The molecule has 4 N–H and O–H groups in total. The van der Waals surface area contributed by atoms with Gasteiger partial charge in [0.05, 0.1) is 12.6 Å². The number of fused-ring (bicyclic) bond motifs is 3. The monoisotopic (exact) mass is 532 g/mol. The number of likely N-dealkylation sites (N-methyl/N-ethyl adjacent to an activating group) is 1. The molecule has 1 aliphatic carbocycles. The molecule has 1 aromatic carbocycles. The third-order valence-electron chi connectivity index (χ3n) is 8.36. The number of nitrogens with zero attached hydrogens (tertiary/aromatic N) is 5. The number of carbonyl (C=O) groups excluding carboxylic acids is 1. The molecule has 6 rings (SSSR count). The zero-order valence-corrected chi connectivity index (χ0v) is 22.8. The normalized spacial score (nSPS) is 21.8. The number of rotatable bonds is 7. The fourth-order valence-corrected chi connectivity index (χ4v) is 5.78. The van der Waals surface area contributed by atoms with Gasteiger partial charge in [0.25, 0.3) is 5.91 Å². The maximum Gasteiger partial charge on any atom is 0.270 e. The number of aromatic amines is 1. The van der Waals surface area contributed by atoms with Gasteiger partial charge in [0.1, 0.15) is 5.71 Å². The lowest BCUT2D eigenvalue weighted by Gasteiger charge is -2.33. The predicted octanol–water partition coefficient (Wildman–Crippen LogP) is 1.09. The Morgan fingerprint density at radius 2 is 2.00 bits per heavy atom. The van der Waals surface area contributed by atoms with Crippen molar-refractivity contribution in [3.05, 3.63) is 47.3 Å². The Morgan fingerprint density at radius 1 is 1.18 bits per heavy atom. The number of aliphatic imine (C=N–C) groups is 2. The average Bonchev–Trinajstić information content (AvgIpc) is 3.14. The van der Waals surface area contributed by atoms with Crippen LogP contribution in [0, 0.1) is 0 Å². The minimum atomic E-state index is -0.672. The summed E-state index contributed by atoms with van der Waals surface area (Å²) in [5.41, 5.74) is 5.05. The minimum absolute atomic E-state index is 0.176. The molecule has 39 heavy (non-hydrogen) atoms. The van der Waals surface area contributed by atoms with Crippen LogP contribution in [-0.4, -0.2) is 114 Å². The van der Waals surface area contributed by atoms with Crippen molar-refractivity contribution in [3.63, 3.8) is 0 Å². The number of aliphatic hydroxyl groups is 1. The standard InChI is InChI=1S/C29H40N8O2/c1-35-11-13-37(14-12-35)29-31-16-21(32-20-5-4-6-20)15-27(34-29)28(39)30-17-22(38)18-36-10-9-26-24(19-36)23-7-2-3-8-25(23)33-26/h2-3,7-8,15,20,22,32-33,38H,4-6,9-14,16-19H2,1H3,(H,30,39). The van der Waals surface area contributed by atoms with Crippen molar-refractivity contribution in [2.45, 2.75) is 44.4 Å². The highest BCUT2D eigenvalue weighted by Crippen LogP contribution is 2.27. The van der Waals surface area contributed by atoms with E-state index < -0.39 is 6.10 Å². The second kappa shape index (κ2) is 11.5. The third kappa shape index (κ3) is 6.03. The van der Waals surface area contributed by atoms with E-state index in [-0.39, 0.29) is 12.5 Å². The number of carbonyl (C=O) groups is 1. The Morgan fingerprint density at radius 3 is 2.79 bits per heavy atom. The summed E-state index contributed by atoms with van der Waals surface area (Å²) in [6.45, 7) is 6.41. The fourth-order valence-electron chi connectivity index (χ4n) is 5.78. The summed E-state index contributed by atoms with van der Waals surface area (Å²) in [6.07, 6.45) is 5.63. The summed E-state index contributed by atoms with van der Waals surface area (Å²) in [5, 5.41) is 18.6. The molecule has 1 atom stereocenters. The van der Waals surface area contributed by atoms with E-state index in [1.165, 1.54) is 28.6 Å². The lowest BCUT2D eigenvalue weighted by molar-refractivity contribution is -0.115. The molecule has 1 saturated carbocycles. The minimum Gasteiger partial charge on any atom is -0.390 e. The molecule has 4 aliphatic rings. The summed E-state index contributed by atoms with van der Waals surface area (Å²) in [7, 11) is 2.12. The highest BCUT2D eigenvalue weighted by Gasteiger charge is 2.25. The van der Waals surface area contributed by atoms with Crippen LogP contribution in [0.25, 0.3) is 10.9 Å². The number of amides is 1. The van der Waals surface area contributed by atoms with Crippen LogP contribution in [0.5, 0.6) is 0 Å². The number of aliphatic hydroxyl groups excluding tert-OH is 1.